The van der Waals surface area contributed by atoms with Gasteiger partial charge in [0.15, 0.2) is 11.5 Å². The van der Waals surface area contributed by atoms with Crippen molar-refractivity contribution >= 4 is 11.9 Å². The van der Waals surface area contributed by atoms with Crippen molar-refractivity contribution in [3.63, 3.8) is 0 Å². The highest BCUT2D eigenvalue weighted by molar-refractivity contribution is 5.88. The van der Waals surface area contributed by atoms with Crippen molar-refractivity contribution in [3.8, 4) is 22.9 Å². The van der Waals surface area contributed by atoms with Crippen LogP contribution in [0.25, 0.3) is 11.4 Å². The Hall–Kier alpha value is -3.36. The Labute approximate surface area is 143 Å². The molecule has 0 unspecified atom stereocenters. The lowest BCUT2D eigenvalue weighted by Crippen LogP contribution is -2.13. The highest BCUT2D eigenvalue weighted by Crippen LogP contribution is 2.31. The van der Waals surface area contributed by atoms with Crippen molar-refractivity contribution in [2.75, 3.05) is 19.5 Å². The number of rotatable bonds is 7. The second-order valence-electron chi connectivity index (χ2n) is 5.07. The predicted molar refractivity (Wildman–Crippen MR) is 88.4 cm³/mol. The van der Waals surface area contributed by atoms with Gasteiger partial charge in [0.25, 0.3) is 0 Å². The second kappa shape index (κ2) is 7.47. The Morgan fingerprint density at radius 1 is 1.28 bits per heavy atom. The number of carbonyl (C=O) groups is 1. The summed E-state index contributed by atoms with van der Waals surface area (Å²) in [5.41, 5.74) is 0.729. The molecule has 0 radical (unpaired) electrons. The summed E-state index contributed by atoms with van der Waals surface area (Å²) in [5.74, 6) is 2.19. The van der Waals surface area contributed by atoms with E-state index in [1.165, 1.54) is 0 Å². The van der Waals surface area contributed by atoms with Crippen LogP contribution >= 0.6 is 0 Å². The van der Waals surface area contributed by atoms with Crippen LogP contribution in [0.15, 0.2) is 35.1 Å². The maximum absolute atomic E-state index is 11.8. The molecule has 9 nitrogen and oxygen atoms in total. The third-order valence-corrected chi connectivity index (χ3v) is 3.43. The Morgan fingerprint density at radius 3 is 2.84 bits per heavy atom. The summed E-state index contributed by atoms with van der Waals surface area (Å²) < 4.78 is 15.7. The van der Waals surface area contributed by atoms with Gasteiger partial charge in [0.05, 0.1) is 14.2 Å². The molecule has 3 rings (SSSR count). The summed E-state index contributed by atoms with van der Waals surface area (Å²) in [5, 5.41) is 6.57. The third kappa shape index (κ3) is 3.94. The normalized spacial score (nSPS) is 10.5. The van der Waals surface area contributed by atoms with E-state index in [9.17, 15) is 4.79 Å². The molecule has 0 saturated heterocycles. The number of nitrogens with one attached hydrogen (secondary N) is 2. The van der Waals surface area contributed by atoms with E-state index in [1.807, 2.05) is 0 Å². The van der Waals surface area contributed by atoms with Gasteiger partial charge < -0.3 is 19.0 Å². The molecule has 2 heterocycles. The lowest BCUT2D eigenvalue weighted by Gasteiger charge is -2.07. The van der Waals surface area contributed by atoms with Crippen LogP contribution in [0.1, 0.15) is 12.3 Å². The zero-order chi connectivity index (χ0) is 17.6. The minimum absolute atomic E-state index is 0.194. The Balaban J connectivity index is 1.63. The van der Waals surface area contributed by atoms with Crippen molar-refractivity contribution in [2.45, 2.75) is 12.8 Å². The average molecular weight is 343 g/mol. The van der Waals surface area contributed by atoms with Gasteiger partial charge in [-0.25, -0.2) is 4.98 Å². The highest BCUT2D eigenvalue weighted by Gasteiger charge is 2.13. The number of aromatic nitrogens is 4. The molecule has 25 heavy (non-hydrogen) atoms. The van der Waals surface area contributed by atoms with Crippen molar-refractivity contribution in [1.82, 2.24) is 20.1 Å². The molecule has 1 aromatic carbocycles. The molecule has 3 aromatic rings. The SMILES string of the molecule is COc1ccc(-c2noc(CCC(=O)Nc3ncc[nH]3)n2)cc1OC. The lowest BCUT2D eigenvalue weighted by molar-refractivity contribution is -0.116. The van der Waals surface area contributed by atoms with Gasteiger partial charge in [0, 0.05) is 30.8 Å². The number of ether oxygens (including phenoxy) is 2. The van der Waals surface area contributed by atoms with Crippen molar-refractivity contribution in [3.05, 3.63) is 36.5 Å². The van der Waals surface area contributed by atoms with Crippen LogP contribution in [0.2, 0.25) is 0 Å². The number of hydrogen-bond acceptors (Lipinski definition) is 7. The zero-order valence-corrected chi connectivity index (χ0v) is 13.8. The average Bonchev–Trinajstić information content (AvgIpc) is 3.31. The molecule has 1 amide bonds. The highest BCUT2D eigenvalue weighted by atomic mass is 16.5. The number of amides is 1. The van der Waals surface area contributed by atoms with E-state index in [0.29, 0.717) is 35.6 Å². The second-order valence-corrected chi connectivity index (χ2v) is 5.07. The fraction of sp³-hybridized carbons (Fsp3) is 0.250. The number of methoxy groups -OCH3 is 2. The smallest absolute Gasteiger partial charge is 0.227 e. The van der Waals surface area contributed by atoms with Crippen molar-refractivity contribution < 1.29 is 18.8 Å². The summed E-state index contributed by atoms with van der Waals surface area (Å²) >= 11 is 0. The minimum Gasteiger partial charge on any atom is -0.493 e. The first kappa shape index (κ1) is 16.5. The first-order valence-electron chi connectivity index (χ1n) is 7.54. The molecule has 130 valence electrons. The van der Waals surface area contributed by atoms with E-state index in [0.717, 1.165) is 5.56 Å². The lowest BCUT2D eigenvalue weighted by atomic mass is 10.2. The molecule has 0 saturated carbocycles. The van der Waals surface area contributed by atoms with Crippen LogP contribution in [0, 0.1) is 0 Å². The molecule has 0 aliphatic carbocycles. The molecule has 9 heteroatoms. The van der Waals surface area contributed by atoms with Gasteiger partial charge in [-0.15, -0.1) is 0 Å². The number of aromatic amines is 1. The quantitative estimate of drug-likeness (QED) is 0.674. The fourth-order valence-corrected chi connectivity index (χ4v) is 2.20. The van der Waals surface area contributed by atoms with Crippen LogP contribution in [0.4, 0.5) is 5.95 Å². The Bertz CT molecular complexity index is 844. The molecule has 2 N–H and O–H groups in total. The number of anilines is 1. The van der Waals surface area contributed by atoms with Crippen LogP contribution in [-0.4, -0.2) is 40.2 Å². The zero-order valence-electron chi connectivity index (χ0n) is 13.8. The summed E-state index contributed by atoms with van der Waals surface area (Å²) in [4.78, 5) is 22.8. The van der Waals surface area contributed by atoms with E-state index >= 15 is 0 Å². The molecular formula is C16H17N5O4. The van der Waals surface area contributed by atoms with E-state index in [4.69, 9.17) is 14.0 Å². The maximum Gasteiger partial charge on any atom is 0.227 e. The standard InChI is InChI=1S/C16H17N5O4/c1-23-11-4-3-10(9-12(11)24-2)15-20-14(25-21-15)6-5-13(22)19-16-17-7-8-18-16/h3-4,7-9H,5-6H2,1-2H3,(H2,17,18,19,22). The monoisotopic (exact) mass is 343 g/mol. The van der Waals surface area contributed by atoms with Crippen molar-refractivity contribution in [2.24, 2.45) is 0 Å². The van der Waals surface area contributed by atoms with Gasteiger partial charge >= 0.3 is 0 Å². The van der Waals surface area contributed by atoms with E-state index in [2.05, 4.69) is 25.4 Å². The first-order chi connectivity index (χ1) is 12.2. The predicted octanol–water partition coefficient (Wildman–Crippen LogP) is 2.05. The van der Waals surface area contributed by atoms with Gasteiger partial charge in [0.2, 0.25) is 23.6 Å². The molecule has 0 atom stereocenters. The fourth-order valence-electron chi connectivity index (χ4n) is 2.20. The molecule has 0 aliphatic heterocycles. The topological polar surface area (TPSA) is 115 Å². The third-order valence-electron chi connectivity index (χ3n) is 3.43. The van der Waals surface area contributed by atoms with E-state index in [-0.39, 0.29) is 12.3 Å². The largest absolute Gasteiger partial charge is 0.493 e. The van der Waals surface area contributed by atoms with Gasteiger partial charge in [-0.2, -0.15) is 4.98 Å². The number of imidazole rings is 1. The van der Waals surface area contributed by atoms with E-state index in [1.54, 1.807) is 44.8 Å². The van der Waals surface area contributed by atoms with Crippen LogP contribution in [-0.2, 0) is 11.2 Å². The maximum atomic E-state index is 11.8. The number of benzene rings is 1. The summed E-state index contributed by atoms with van der Waals surface area (Å²) in [6, 6.07) is 5.33. The first-order valence-corrected chi connectivity index (χ1v) is 7.54. The number of aryl methyl sites for hydroxylation is 1. The molecular weight excluding hydrogens is 326 g/mol. The Morgan fingerprint density at radius 2 is 2.12 bits per heavy atom. The van der Waals surface area contributed by atoms with Gasteiger partial charge in [-0.1, -0.05) is 5.16 Å². The van der Waals surface area contributed by atoms with E-state index < -0.39 is 0 Å². The summed E-state index contributed by atoms with van der Waals surface area (Å²) in [6.45, 7) is 0. The molecule has 0 bridgehead atoms. The van der Waals surface area contributed by atoms with Crippen molar-refractivity contribution in [1.29, 1.82) is 0 Å². The molecule has 0 aliphatic rings. The number of nitrogens with zero attached hydrogens (tertiary/aromatic N) is 3. The number of H-pyrrole nitrogens is 1. The Kier molecular flexibility index (Phi) is 4.93. The molecule has 0 fully saturated rings. The minimum atomic E-state index is -0.194. The summed E-state index contributed by atoms with van der Waals surface area (Å²) in [7, 11) is 3.12. The molecule has 2 aromatic heterocycles. The molecule has 0 spiro atoms. The van der Waals surface area contributed by atoms with Gasteiger partial charge in [0.1, 0.15) is 0 Å². The number of hydrogen-bond donors (Lipinski definition) is 2. The summed E-state index contributed by atoms with van der Waals surface area (Å²) in [6.07, 6.45) is 3.72. The van der Waals surface area contributed by atoms with Crippen LogP contribution in [0.3, 0.4) is 0 Å². The van der Waals surface area contributed by atoms with Crippen LogP contribution in [0.5, 0.6) is 11.5 Å². The van der Waals surface area contributed by atoms with Gasteiger partial charge in [-0.05, 0) is 18.2 Å². The van der Waals surface area contributed by atoms with Crippen LogP contribution < -0.4 is 14.8 Å². The van der Waals surface area contributed by atoms with Gasteiger partial charge in [-0.3, -0.25) is 10.1 Å². The number of carbonyl (C=O) groups excluding carboxylic acids is 1.